The fourth-order valence-corrected chi connectivity index (χ4v) is 10.3. The molecule has 8 amide bonds. The molecule has 1 saturated carbocycles. The number of hydrogen-bond donors (Lipinski definition) is 11. The number of likely N-dealkylation sites (tertiary alicyclic amines) is 1. The van der Waals surface area contributed by atoms with Crippen molar-refractivity contribution in [2.24, 2.45) is 17.6 Å². The molecule has 3 aromatic carbocycles. The van der Waals surface area contributed by atoms with E-state index < -0.39 is 83.7 Å². The maximum absolute atomic E-state index is 14.4. The summed E-state index contributed by atoms with van der Waals surface area (Å²) in [6.07, 6.45) is 10.3. The summed E-state index contributed by atoms with van der Waals surface area (Å²) in [7, 11) is 0. The molecule has 4 heterocycles. The molecule has 12 N–H and O–H groups in total. The Morgan fingerprint density at radius 2 is 1.21 bits per heavy atom. The quantitative estimate of drug-likeness (QED) is 0.0353. The number of H-pyrrole nitrogens is 3. The lowest BCUT2D eigenvalue weighted by Crippen LogP contribution is -2.60. The largest absolute Gasteiger partial charge is 0.368 e. The van der Waals surface area contributed by atoms with E-state index in [4.69, 9.17) is 5.73 Å². The number of nitrogens with one attached hydrogen (secondary N) is 10. The minimum Gasteiger partial charge on any atom is -0.368 e. The van der Waals surface area contributed by atoms with Crippen LogP contribution < -0.4 is 43.0 Å². The average molecular weight is 1090 g/mol. The predicted octanol–water partition coefficient (Wildman–Crippen LogP) is 1.73. The Bertz CT molecular complexity index is 3080. The van der Waals surface area contributed by atoms with E-state index in [0.29, 0.717) is 55.7 Å². The molecule has 2 fully saturated rings. The first kappa shape index (κ1) is 57.5. The average Bonchev–Trinajstić information content (AvgIpc) is 3.98. The van der Waals surface area contributed by atoms with Crippen LogP contribution in [0.25, 0.3) is 10.9 Å². The molecule has 0 bridgehead atoms. The van der Waals surface area contributed by atoms with Gasteiger partial charge in [-0.2, -0.15) is 0 Å². The Balaban J connectivity index is 0.898. The van der Waals surface area contributed by atoms with Crippen molar-refractivity contribution in [2.75, 3.05) is 13.1 Å². The maximum atomic E-state index is 14.4. The van der Waals surface area contributed by atoms with Crippen molar-refractivity contribution in [3.63, 3.8) is 0 Å². The summed E-state index contributed by atoms with van der Waals surface area (Å²) >= 11 is 0. The van der Waals surface area contributed by atoms with Gasteiger partial charge in [0.15, 0.2) is 0 Å². The van der Waals surface area contributed by atoms with Crippen LogP contribution in [0.1, 0.15) is 81.0 Å². The second-order valence-electron chi connectivity index (χ2n) is 21.2. The number of hydrogen-bond acceptors (Lipinski definition) is 11. The van der Waals surface area contributed by atoms with E-state index in [-0.39, 0.29) is 49.0 Å². The van der Waals surface area contributed by atoms with Crippen molar-refractivity contribution in [1.82, 2.24) is 67.0 Å². The van der Waals surface area contributed by atoms with Crippen LogP contribution in [0.15, 0.2) is 116 Å². The number of nitrogens with zero attached hydrogens (tertiary/aromatic N) is 3. The van der Waals surface area contributed by atoms with Gasteiger partial charge in [-0.15, -0.1) is 0 Å². The summed E-state index contributed by atoms with van der Waals surface area (Å²) < 4.78 is 0. The summed E-state index contributed by atoms with van der Waals surface area (Å²) in [5.41, 5.74) is 10.4. The van der Waals surface area contributed by atoms with Crippen molar-refractivity contribution in [3.05, 3.63) is 144 Å². The Labute approximate surface area is 463 Å². The first-order valence-electron chi connectivity index (χ1n) is 27.3. The zero-order chi connectivity index (χ0) is 56.9. The Morgan fingerprint density at radius 3 is 1.86 bits per heavy atom. The standard InChI is InChI=1S/C58H72N14O8/c1-33(2)50(57(79)67-34(3)52(74)70-49(25-40-29-61-32-65-40)58(80)72-21-13-18-41(72)30-63-46(51(59)73)22-36-14-7-5-8-15-36)71-53(75)35(4)66-55(77)47(23-38-27-62-45-20-12-11-19-42(38)45)69-56(78)48(24-39-28-60-31-64-39)68-54(76)44-26-43(44)37-16-9-6-10-17-37/h5-12,14-17,19-20,27-29,31-35,41,43-44,46-50,62-63H,13,18,21-26,30H2,1-4H3,(H2,59,73)(H,60,64)(H,61,65)(H,66,77)(H,67,79)(H,68,76)(H,69,78)(H,70,74)(H,71,75)/t34-,35+,41-,43-,44?,46+,47+,48+,49+,50+/m1/s1. The van der Waals surface area contributed by atoms with Crippen LogP contribution in [0.5, 0.6) is 0 Å². The normalized spacial score (nSPS) is 18.4. The lowest BCUT2D eigenvalue weighted by atomic mass is 10.0. The van der Waals surface area contributed by atoms with Crippen LogP contribution >= 0.6 is 0 Å². The van der Waals surface area contributed by atoms with Gasteiger partial charge in [-0.05, 0) is 74.1 Å². The summed E-state index contributed by atoms with van der Waals surface area (Å²) in [5.74, 6) is -5.38. The first-order valence-corrected chi connectivity index (χ1v) is 27.3. The highest BCUT2D eigenvalue weighted by Gasteiger charge is 2.45. The third-order valence-electron chi connectivity index (χ3n) is 14.9. The number of imidazole rings is 2. The van der Waals surface area contributed by atoms with Crippen LogP contribution in [0.2, 0.25) is 0 Å². The van der Waals surface area contributed by atoms with Gasteiger partial charge >= 0.3 is 0 Å². The molecule has 1 aliphatic heterocycles. The zero-order valence-electron chi connectivity index (χ0n) is 45.4. The van der Waals surface area contributed by atoms with Crippen molar-refractivity contribution in [2.45, 2.75) is 127 Å². The molecule has 6 aromatic rings. The highest BCUT2D eigenvalue weighted by molar-refractivity contribution is 5.98. The number of aromatic nitrogens is 5. The lowest BCUT2D eigenvalue weighted by molar-refractivity contribution is -0.138. The van der Waals surface area contributed by atoms with Gasteiger partial charge in [0.2, 0.25) is 47.3 Å². The molecule has 0 radical (unpaired) electrons. The summed E-state index contributed by atoms with van der Waals surface area (Å²) in [6.45, 7) is 7.05. The van der Waals surface area contributed by atoms with Crippen LogP contribution in [-0.4, -0.2) is 139 Å². The molecule has 422 valence electrons. The molecule has 22 heteroatoms. The molecule has 10 atom stereocenters. The predicted molar refractivity (Wildman–Crippen MR) is 298 cm³/mol. The van der Waals surface area contributed by atoms with Gasteiger partial charge < -0.3 is 62.8 Å². The molecular weight excluding hydrogens is 1020 g/mol. The molecule has 80 heavy (non-hydrogen) atoms. The van der Waals surface area contributed by atoms with Crippen molar-refractivity contribution in [1.29, 1.82) is 0 Å². The fourth-order valence-electron chi connectivity index (χ4n) is 10.3. The van der Waals surface area contributed by atoms with Crippen LogP contribution in [0.4, 0.5) is 0 Å². The highest BCUT2D eigenvalue weighted by Crippen LogP contribution is 2.47. The van der Waals surface area contributed by atoms with Gasteiger partial charge in [0, 0.05) is 85.2 Å². The number of carbonyl (C=O) groups is 8. The molecule has 1 saturated heterocycles. The lowest BCUT2D eigenvalue weighted by Gasteiger charge is -2.31. The third kappa shape index (κ3) is 15.1. The first-order chi connectivity index (χ1) is 38.5. The van der Waals surface area contributed by atoms with Crippen molar-refractivity contribution < 1.29 is 38.4 Å². The number of fused-ring (bicyclic) bond motifs is 1. The van der Waals surface area contributed by atoms with Gasteiger partial charge in [0.05, 0.1) is 18.7 Å². The van der Waals surface area contributed by atoms with Crippen LogP contribution in [-0.2, 0) is 64.0 Å². The van der Waals surface area contributed by atoms with Gasteiger partial charge in [-0.3, -0.25) is 38.4 Å². The summed E-state index contributed by atoms with van der Waals surface area (Å²) in [5, 5.41) is 20.9. The van der Waals surface area contributed by atoms with E-state index in [9.17, 15) is 38.4 Å². The fraction of sp³-hybridized carbons (Fsp3) is 0.414. The molecule has 3 aromatic heterocycles. The Hall–Kier alpha value is -8.66. The maximum Gasteiger partial charge on any atom is 0.245 e. The molecular formula is C58H72N14O8. The minimum absolute atomic E-state index is 0.00701. The van der Waals surface area contributed by atoms with Gasteiger partial charge in [-0.1, -0.05) is 92.7 Å². The number of nitrogens with two attached hydrogens (primary N) is 1. The zero-order valence-corrected chi connectivity index (χ0v) is 45.4. The second-order valence-corrected chi connectivity index (χ2v) is 21.2. The minimum atomic E-state index is -1.24. The molecule has 1 aliphatic carbocycles. The van der Waals surface area contributed by atoms with Gasteiger partial charge in [-0.25, -0.2) is 9.97 Å². The number of primary amides is 1. The summed E-state index contributed by atoms with van der Waals surface area (Å²) in [6, 6.07) is 18.7. The van der Waals surface area contributed by atoms with E-state index in [1.165, 1.54) is 26.5 Å². The number of amides is 8. The van der Waals surface area contributed by atoms with Crippen LogP contribution in [0.3, 0.4) is 0 Å². The number of carbonyl (C=O) groups excluding carboxylic acids is 8. The molecule has 1 unspecified atom stereocenters. The molecule has 22 nitrogen and oxygen atoms in total. The third-order valence-corrected chi connectivity index (χ3v) is 14.9. The monoisotopic (exact) mass is 1090 g/mol. The number of benzene rings is 3. The number of aromatic amines is 3. The molecule has 0 spiro atoms. The van der Waals surface area contributed by atoms with E-state index in [2.05, 4.69) is 62.1 Å². The Kier molecular flexibility index (Phi) is 19.3. The van der Waals surface area contributed by atoms with E-state index >= 15 is 0 Å². The smallest absolute Gasteiger partial charge is 0.245 e. The van der Waals surface area contributed by atoms with E-state index in [0.717, 1.165) is 22.0 Å². The van der Waals surface area contributed by atoms with E-state index in [1.54, 1.807) is 37.3 Å². The van der Waals surface area contributed by atoms with Gasteiger partial charge in [0.1, 0.15) is 36.3 Å². The van der Waals surface area contributed by atoms with Gasteiger partial charge in [0.25, 0.3) is 0 Å². The highest BCUT2D eigenvalue weighted by atomic mass is 16.2. The summed E-state index contributed by atoms with van der Waals surface area (Å²) in [4.78, 5) is 130. The van der Waals surface area contributed by atoms with Crippen LogP contribution in [0, 0.1) is 11.8 Å². The number of rotatable bonds is 27. The molecule has 8 rings (SSSR count). The van der Waals surface area contributed by atoms with Crippen molar-refractivity contribution >= 4 is 58.2 Å². The SMILES string of the molecule is CC(C)[C@H](NC(=O)[C@H](C)NC(=O)[C@H](Cc1c[nH]c2ccccc12)NC(=O)[C@H](Cc1cnc[nH]1)NC(=O)C1C[C@@H]1c1ccccc1)C(=O)N[C@H](C)C(=O)N[C@@H](Cc1cnc[nH]1)C(=O)N1CCC[C@@H]1CN[C@@H](Cc1ccccc1)C(N)=O. The van der Waals surface area contributed by atoms with E-state index in [1.807, 2.05) is 84.9 Å². The number of para-hydroxylation sites is 1. The second kappa shape index (κ2) is 26.8. The van der Waals surface area contributed by atoms with Crippen molar-refractivity contribution in [3.8, 4) is 0 Å². The topological polar surface area (TPSA) is 323 Å². The Morgan fingerprint density at radius 1 is 0.625 bits per heavy atom. The molecule has 2 aliphatic rings.